The molecule has 3 aromatic heterocycles. The third-order valence-electron chi connectivity index (χ3n) is 24.5. The lowest BCUT2D eigenvalue weighted by molar-refractivity contribution is 0.568. The lowest BCUT2D eigenvalue weighted by Gasteiger charge is -2.34. The zero-order chi connectivity index (χ0) is 79.5. The Hall–Kier alpha value is -9.84. The van der Waals surface area contributed by atoms with E-state index >= 15 is 0 Å². The van der Waals surface area contributed by atoms with Crippen LogP contribution in [0, 0.1) is 0 Å². The van der Waals surface area contributed by atoms with Crippen molar-refractivity contribution in [3.8, 4) is 89.8 Å². The van der Waals surface area contributed by atoms with E-state index in [9.17, 15) is 0 Å². The Morgan fingerprint density at radius 1 is 0.216 bits per heavy atom. The second kappa shape index (κ2) is 25.3. The summed E-state index contributed by atoms with van der Waals surface area (Å²) in [6.45, 7) is 62.7. The molecule has 2 aliphatic heterocycles. The van der Waals surface area contributed by atoms with E-state index in [4.69, 9.17) is 9.97 Å². The van der Waals surface area contributed by atoms with Gasteiger partial charge in [0.1, 0.15) is 0 Å². The summed E-state index contributed by atoms with van der Waals surface area (Å²) in [5.41, 5.74) is 36.7. The Bertz CT molecular complexity index is 5950. The van der Waals surface area contributed by atoms with Gasteiger partial charge in [-0.3, -0.25) is 0 Å². The molecular weight excluding hydrogens is 1340 g/mol. The first-order valence-corrected chi connectivity index (χ1v) is 40.8. The van der Waals surface area contributed by atoms with Crippen molar-refractivity contribution in [3.05, 3.63) is 256 Å². The topological polar surface area (TPSA) is 35.6 Å². The van der Waals surface area contributed by atoms with Crippen molar-refractivity contribution in [1.82, 2.24) is 19.1 Å². The van der Waals surface area contributed by atoms with E-state index in [0.717, 1.165) is 39.5 Å². The molecule has 11 aromatic carbocycles. The average molecular weight is 1460 g/mol. The van der Waals surface area contributed by atoms with E-state index < -0.39 is 0 Å². The van der Waals surface area contributed by atoms with Crippen molar-refractivity contribution in [2.24, 2.45) is 0 Å². The van der Waals surface area contributed by atoms with Crippen LogP contribution in [-0.2, 0) is 48.7 Å². The van der Waals surface area contributed by atoms with E-state index in [0.29, 0.717) is 5.82 Å². The lowest BCUT2D eigenvalue weighted by atomic mass is 9.34. The van der Waals surface area contributed by atoms with Crippen molar-refractivity contribution in [2.75, 3.05) is 0 Å². The summed E-state index contributed by atoms with van der Waals surface area (Å²) in [7, 11) is 0. The van der Waals surface area contributed by atoms with Crippen LogP contribution in [0.15, 0.2) is 206 Å². The average Bonchev–Trinajstić information content (AvgIpc) is 1.53. The molecule has 0 saturated carbocycles. The van der Waals surface area contributed by atoms with Crippen LogP contribution in [0.3, 0.4) is 0 Å². The van der Waals surface area contributed by atoms with Crippen LogP contribution in [0.4, 0.5) is 0 Å². The van der Waals surface area contributed by atoms with Crippen LogP contribution in [0.5, 0.6) is 0 Å². The van der Waals surface area contributed by atoms with Gasteiger partial charge in [0.05, 0.1) is 22.4 Å². The van der Waals surface area contributed by atoms with Gasteiger partial charge in [0.2, 0.25) is 0 Å². The van der Waals surface area contributed by atoms with Gasteiger partial charge in [0.15, 0.2) is 5.82 Å². The summed E-state index contributed by atoms with van der Waals surface area (Å²) in [4.78, 5) is 11.8. The van der Waals surface area contributed by atoms with Crippen LogP contribution >= 0.6 is 0 Å². The molecule has 2 aliphatic rings. The third-order valence-corrected chi connectivity index (χ3v) is 24.5. The SMILES string of the molecule is CC(C)(C)c1ccc(-c2ccc3c(c2)c2cc(-c4ccc(C(C)(C)C)cc4)cc4c2n3-c2cc(-c3cc(-c5cc(C(C)(C)C)cc(C(C)(C)C)c5)nc(-c5cc(C(C)(C)C)cc(C(C)(C)C)c5)n3)cc3c2B4c2cc(-c4ccc(C(C)(C)C)cc4)cc4c5cc(-c6cc(C(C)(C)C)cc(C(C)(C)C)c6)ccc5n-3c24)cc1. The van der Waals surface area contributed by atoms with Gasteiger partial charge in [0.25, 0.3) is 6.71 Å². The van der Waals surface area contributed by atoms with Gasteiger partial charge >= 0.3 is 0 Å². The van der Waals surface area contributed by atoms with Crippen LogP contribution in [0.2, 0.25) is 0 Å². The number of benzene rings is 11. The smallest absolute Gasteiger partial charge is 0.252 e. The molecule has 0 atom stereocenters. The maximum atomic E-state index is 6.00. The maximum Gasteiger partial charge on any atom is 0.252 e. The Labute approximate surface area is 663 Å². The van der Waals surface area contributed by atoms with Crippen LogP contribution in [0.1, 0.15) is 237 Å². The number of hydrogen-bond donors (Lipinski definition) is 0. The van der Waals surface area contributed by atoms with Crippen molar-refractivity contribution in [1.29, 1.82) is 0 Å². The Kier molecular flexibility index (Phi) is 17.2. The Morgan fingerprint density at radius 3 is 0.802 bits per heavy atom. The van der Waals surface area contributed by atoms with Gasteiger partial charge in [0, 0.05) is 60.6 Å². The molecule has 0 spiro atoms. The van der Waals surface area contributed by atoms with Crippen LogP contribution in [0.25, 0.3) is 133 Å². The lowest BCUT2D eigenvalue weighted by Crippen LogP contribution is -2.59. The highest BCUT2D eigenvalue weighted by Crippen LogP contribution is 2.48. The van der Waals surface area contributed by atoms with Crippen molar-refractivity contribution < 1.29 is 0 Å². The standard InChI is InChI=1S/C106H115BN4/c1-98(2,3)73-36-28-62(29-37-73)65-34-42-90-82(50-65)84-52-68(63-30-38-74(39-31-63)99(4,5)6)54-86-95(84)110(90)92-56-71(89-61-88(70-46-78(103(16,17)18)59-79(47-70)104(19,20)21)108-97(109-89)72-48-80(105(22,23)24)60-81(49-72)106(25,26)27)57-93-94(92)107(86)87-55-69(64-32-40-75(41-33-64)100(7,8)9)53-85-83-51-66(35-43-91(83)111(93)96(85)87)67-44-76(101(10,11)12)58-77(45-67)102(13,14)15/h28-61H,1-27H3. The van der Waals surface area contributed by atoms with E-state index in [1.807, 2.05) is 0 Å². The van der Waals surface area contributed by atoms with E-state index in [2.05, 4.69) is 402 Å². The van der Waals surface area contributed by atoms with E-state index in [-0.39, 0.29) is 55.4 Å². The molecule has 0 unspecified atom stereocenters. The summed E-state index contributed by atoms with van der Waals surface area (Å²) < 4.78 is 5.35. The maximum absolute atomic E-state index is 6.00. The number of aromatic nitrogens is 4. The highest BCUT2D eigenvalue weighted by atomic mass is 15.0. The molecule has 0 bridgehead atoms. The third kappa shape index (κ3) is 13.4. The molecule has 0 amide bonds. The molecule has 0 radical (unpaired) electrons. The van der Waals surface area contributed by atoms with Gasteiger partial charge in [-0.25, -0.2) is 9.97 Å². The molecular formula is C106H115BN4. The second-order valence-electron chi connectivity index (χ2n) is 42.3. The first kappa shape index (κ1) is 75.2. The summed E-state index contributed by atoms with van der Waals surface area (Å²) in [5.74, 6) is 0.715. The summed E-state index contributed by atoms with van der Waals surface area (Å²) in [5, 5.41) is 4.94. The number of fused-ring (bicyclic) bond motifs is 10. The molecule has 5 heterocycles. The second-order valence-corrected chi connectivity index (χ2v) is 42.3. The number of nitrogens with zero attached hydrogens (tertiary/aromatic N) is 4. The van der Waals surface area contributed by atoms with Crippen molar-refractivity contribution in [3.63, 3.8) is 0 Å². The highest BCUT2D eigenvalue weighted by molar-refractivity contribution is 7.00. The van der Waals surface area contributed by atoms with Crippen molar-refractivity contribution >= 4 is 66.7 Å². The fourth-order valence-corrected chi connectivity index (χ4v) is 17.2. The van der Waals surface area contributed by atoms with E-state index in [1.165, 1.54) is 155 Å². The monoisotopic (exact) mass is 1450 g/mol. The predicted molar refractivity (Wildman–Crippen MR) is 482 cm³/mol. The summed E-state index contributed by atoms with van der Waals surface area (Å²) >= 11 is 0. The molecule has 16 rings (SSSR count). The normalized spacial score (nSPS) is 13.7. The molecule has 0 aliphatic carbocycles. The molecule has 0 saturated heterocycles. The molecule has 5 heteroatoms. The minimum absolute atomic E-state index is 0.00584. The first-order chi connectivity index (χ1) is 51.6. The van der Waals surface area contributed by atoms with Gasteiger partial charge < -0.3 is 9.13 Å². The largest absolute Gasteiger partial charge is 0.310 e. The first-order valence-electron chi connectivity index (χ1n) is 40.8. The minimum Gasteiger partial charge on any atom is -0.310 e. The molecule has 562 valence electrons. The zero-order valence-corrected chi connectivity index (χ0v) is 71.5. The molecule has 0 fully saturated rings. The predicted octanol–water partition coefficient (Wildman–Crippen LogP) is 27.2. The summed E-state index contributed by atoms with van der Waals surface area (Å²) in [6, 6.07) is 82.3. The van der Waals surface area contributed by atoms with E-state index in [1.54, 1.807) is 0 Å². The van der Waals surface area contributed by atoms with Crippen LogP contribution in [-0.4, -0.2) is 25.8 Å². The Morgan fingerprint density at radius 2 is 0.477 bits per heavy atom. The minimum atomic E-state index is -0.199. The fraction of sp³-hybridized carbons (Fsp3) is 0.340. The molecule has 0 N–H and O–H groups in total. The fourth-order valence-electron chi connectivity index (χ4n) is 17.2. The zero-order valence-electron chi connectivity index (χ0n) is 71.5. The summed E-state index contributed by atoms with van der Waals surface area (Å²) in [6.07, 6.45) is 0. The van der Waals surface area contributed by atoms with Gasteiger partial charge in [-0.05, 0) is 239 Å². The van der Waals surface area contributed by atoms with Gasteiger partial charge in [-0.15, -0.1) is 0 Å². The van der Waals surface area contributed by atoms with Gasteiger partial charge in [-0.2, -0.15) is 0 Å². The Balaban J connectivity index is 1.07. The van der Waals surface area contributed by atoms with Crippen molar-refractivity contribution in [2.45, 2.75) is 236 Å². The highest BCUT2D eigenvalue weighted by Gasteiger charge is 2.43. The van der Waals surface area contributed by atoms with Crippen LogP contribution < -0.4 is 16.4 Å². The molecule has 4 nitrogen and oxygen atoms in total. The molecule has 111 heavy (non-hydrogen) atoms. The number of rotatable bonds is 7. The molecule has 14 aromatic rings. The number of hydrogen-bond acceptors (Lipinski definition) is 2. The quantitative estimate of drug-likeness (QED) is 0.149. The van der Waals surface area contributed by atoms with Gasteiger partial charge in [-0.1, -0.05) is 314 Å².